The summed E-state index contributed by atoms with van der Waals surface area (Å²) in [4.78, 5) is 0. The molecule has 0 bridgehead atoms. The Balaban J connectivity index is 1.93. The van der Waals surface area contributed by atoms with Gasteiger partial charge in [-0.1, -0.05) is 24.3 Å². The van der Waals surface area contributed by atoms with Gasteiger partial charge in [0.1, 0.15) is 6.17 Å². The van der Waals surface area contributed by atoms with Crippen molar-refractivity contribution in [3.63, 3.8) is 0 Å². The van der Waals surface area contributed by atoms with Crippen molar-refractivity contribution < 1.29 is 23.9 Å². The number of hydrogen-bond acceptors (Lipinski definition) is 4. The fraction of sp³-hybridized carbons (Fsp3) is 0.500. The molecule has 1 aliphatic heterocycles. The SMILES string of the molecule is OB(O)c1ccccc1COC1CC(F)CCO1. The lowest BCUT2D eigenvalue weighted by molar-refractivity contribution is -0.182. The zero-order valence-electron chi connectivity index (χ0n) is 9.96. The maximum atomic E-state index is 13.1. The Hall–Kier alpha value is -0.945. The Morgan fingerprint density at radius 3 is 2.89 bits per heavy atom. The van der Waals surface area contributed by atoms with Gasteiger partial charge in [-0.3, -0.25) is 0 Å². The molecule has 2 unspecified atom stereocenters. The van der Waals surface area contributed by atoms with Crippen molar-refractivity contribution in [1.29, 1.82) is 0 Å². The molecule has 1 fully saturated rings. The lowest BCUT2D eigenvalue weighted by atomic mass is 9.77. The number of hydrogen-bond donors (Lipinski definition) is 2. The molecule has 4 nitrogen and oxygen atoms in total. The Labute approximate surface area is 105 Å². The van der Waals surface area contributed by atoms with Crippen LogP contribution in [0, 0.1) is 0 Å². The molecular formula is C12H16BFO4. The zero-order valence-corrected chi connectivity index (χ0v) is 9.96. The van der Waals surface area contributed by atoms with Crippen LogP contribution in [-0.2, 0) is 16.1 Å². The highest BCUT2D eigenvalue weighted by Gasteiger charge is 2.23. The Morgan fingerprint density at radius 2 is 2.17 bits per heavy atom. The highest BCUT2D eigenvalue weighted by molar-refractivity contribution is 6.59. The fourth-order valence-electron chi connectivity index (χ4n) is 1.94. The predicted molar refractivity (Wildman–Crippen MR) is 64.9 cm³/mol. The standard InChI is InChI=1S/C12H16BFO4/c14-10-5-6-17-12(7-10)18-8-9-3-1-2-4-11(9)13(15)16/h1-4,10,12,15-16H,5-8H2. The summed E-state index contributed by atoms with van der Waals surface area (Å²) >= 11 is 0. The van der Waals surface area contributed by atoms with Crippen molar-refractivity contribution in [2.45, 2.75) is 31.9 Å². The minimum atomic E-state index is -1.54. The molecule has 1 saturated heterocycles. The van der Waals surface area contributed by atoms with Crippen LogP contribution in [0.25, 0.3) is 0 Å². The second-order valence-electron chi connectivity index (χ2n) is 4.31. The van der Waals surface area contributed by atoms with Gasteiger partial charge < -0.3 is 19.5 Å². The van der Waals surface area contributed by atoms with E-state index in [4.69, 9.17) is 9.47 Å². The van der Waals surface area contributed by atoms with Crippen LogP contribution in [0.5, 0.6) is 0 Å². The van der Waals surface area contributed by atoms with Crippen LogP contribution in [-0.4, -0.2) is 36.2 Å². The summed E-state index contributed by atoms with van der Waals surface area (Å²) in [6.45, 7) is 0.529. The summed E-state index contributed by atoms with van der Waals surface area (Å²) in [7, 11) is -1.54. The molecule has 0 aliphatic carbocycles. The van der Waals surface area contributed by atoms with Crippen LogP contribution in [0.3, 0.4) is 0 Å². The third kappa shape index (κ3) is 3.52. The van der Waals surface area contributed by atoms with Gasteiger partial charge in [-0.25, -0.2) is 4.39 Å². The van der Waals surface area contributed by atoms with Crippen LogP contribution < -0.4 is 5.46 Å². The van der Waals surface area contributed by atoms with Crippen molar-refractivity contribution in [2.24, 2.45) is 0 Å². The van der Waals surface area contributed by atoms with Crippen LogP contribution >= 0.6 is 0 Å². The van der Waals surface area contributed by atoms with Crippen molar-refractivity contribution >= 4 is 12.6 Å². The first-order chi connectivity index (χ1) is 8.66. The van der Waals surface area contributed by atoms with E-state index in [-0.39, 0.29) is 13.0 Å². The van der Waals surface area contributed by atoms with Gasteiger partial charge in [0, 0.05) is 12.8 Å². The lowest BCUT2D eigenvalue weighted by Gasteiger charge is -2.25. The number of halogens is 1. The monoisotopic (exact) mass is 254 g/mol. The topological polar surface area (TPSA) is 58.9 Å². The molecule has 0 saturated carbocycles. The smallest absolute Gasteiger partial charge is 0.423 e. The van der Waals surface area contributed by atoms with Crippen LogP contribution in [0.1, 0.15) is 18.4 Å². The largest absolute Gasteiger partial charge is 0.488 e. The lowest BCUT2D eigenvalue weighted by Crippen LogP contribution is -2.34. The predicted octanol–water partition coefficient (Wildman–Crippen LogP) is 0.358. The average molecular weight is 254 g/mol. The van der Waals surface area contributed by atoms with Gasteiger partial charge in [0.05, 0.1) is 13.2 Å². The van der Waals surface area contributed by atoms with Crippen molar-refractivity contribution in [3.05, 3.63) is 29.8 Å². The molecule has 18 heavy (non-hydrogen) atoms. The number of rotatable bonds is 4. The number of alkyl halides is 1. The molecular weight excluding hydrogens is 238 g/mol. The quantitative estimate of drug-likeness (QED) is 0.761. The van der Waals surface area contributed by atoms with E-state index in [2.05, 4.69) is 0 Å². The average Bonchev–Trinajstić information content (AvgIpc) is 2.37. The Kier molecular flexibility index (Phi) is 4.71. The molecule has 0 amide bonds. The third-order valence-corrected chi connectivity index (χ3v) is 2.94. The number of benzene rings is 1. The van der Waals surface area contributed by atoms with Gasteiger partial charge >= 0.3 is 7.12 Å². The second-order valence-corrected chi connectivity index (χ2v) is 4.31. The van der Waals surface area contributed by atoms with Crippen molar-refractivity contribution in [1.82, 2.24) is 0 Å². The first-order valence-corrected chi connectivity index (χ1v) is 5.98. The van der Waals surface area contributed by atoms with Gasteiger partial charge in [0.25, 0.3) is 0 Å². The molecule has 6 heteroatoms. The fourth-order valence-corrected chi connectivity index (χ4v) is 1.94. The van der Waals surface area contributed by atoms with Gasteiger partial charge in [-0.15, -0.1) is 0 Å². The van der Waals surface area contributed by atoms with Gasteiger partial charge in [0.2, 0.25) is 0 Å². The van der Waals surface area contributed by atoms with E-state index in [0.29, 0.717) is 24.1 Å². The highest BCUT2D eigenvalue weighted by Crippen LogP contribution is 2.18. The molecule has 2 N–H and O–H groups in total. The second kappa shape index (κ2) is 6.29. The maximum Gasteiger partial charge on any atom is 0.488 e. The van der Waals surface area contributed by atoms with E-state index in [1.165, 1.54) is 0 Å². The Bertz CT molecular complexity index is 388. The normalized spacial score (nSPS) is 23.9. The van der Waals surface area contributed by atoms with Crippen LogP contribution in [0.2, 0.25) is 0 Å². The van der Waals surface area contributed by atoms with E-state index >= 15 is 0 Å². The summed E-state index contributed by atoms with van der Waals surface area (Å²) in [6.07, 6.45) is -0.810. The molecule has 0 radical (unpaired) electrons. The van der Waals surface area contributed by atoms with Gasteiger partial charge in [0.15, 0.2) is 6.29 Å². The maximum absolute atomic E-state index is 13.1. The molecule has 0 aromatic heterocycles. The molecule has 2 rings (SSSR count). The molecule has 98 valence electrons. The van der Waals surface area contributed by atoms with Gasteiger partial charge in [-0.05, 0) is 11.0 Å². The summed E-state index contributed by atoms with van der Waals surface area (Å²) in [6, 6.07) is 6.85. The minimum absolute atomic E-state index is 0.172. The van der Waals surface area contributed by atoms with E-state index in [1.54, 1.807) is 24.3 Å². The first kappa shape index (κ1) is 13.5. The van der Waals surface area contributed by atoms with Crippen LogP contribution in [0.4, 0.5) is 4.39 Å². The van der Waals surface area contributed by atoms with Gasteiger partial charge in [-0.2, -0.15) is 0 Å². The Morgan fingerprint density at radius 1 is 1.39 bits per heavy atom. The molecule has 1 aliphatic rings. The highest BCUT2D eigenvalue weighted by atomic mass is 19.1. The van der Waals surface area contributed by atoms with Crippen molar-refractivity contribution in [2.75, 3.05) is 6.61 Å². The van der Waals surface area contributed by atoms with E-state index in [1.807, 2.05) is 0 Å². The summed E-state index contributed by atoms with van der Waals surface area (Å²) in [5, 5.41) is 18.4. The van der Waals surface area contributed by atoms with E-state index in [0.717, 1.165) is 0 Å². The van der Waals surface area contributed by atoms with Crippen LogP contribution in [0.15, 0.2) is 24.3 Å². The third-order valence-electron chi connectivity index (χ3n) is 2.94. The molecule has 1 heterocycles. The van der Waals surface area contributed by atoms with E-state index < -0.39 is 19.6 Å². The first-order valence-electron chi connectivity index (χ1n) is 5.98. The zero-order chi connectivity index (χ0) is 13.0. The summed E-state index contributed by atoms with van der Waals surface area (Å²) < 4.78 is 23.9. The molecule has 1 aromatic rings. The molecule has 2 atom stereocenters. The molecule has 1 aromatic carbocycles. The minimum Gasteiger partial charge on any atom is -0.423 e. The summed E-state index contributed by atoms with van der Waals surface area (Å²) in [5.74, 6) is 0. The molecule has 0 spiro atoms. The number of ether oxygens (including phenoxy) is 2. The summed E-state index contributed by atoms with van der Waals surface area (Å²) in [5.41, 5.74) is 1.06. The van der Waals surface area contributed by atoms with Crippen molar-refractivity contribution in [3.8, 4) is 0 Å². The van der Waals surface area contributed by atoms with E-state index in [9.17, 15) is 14.4 Å².